The summed E-state index contributed by atoms with van der Waals surface area (Å²) in [6.45, 7) is 1.91. The third-order valence-corrected chi connectivity index (χ3v) is 5.67. The minimum absolute atomic E-state index is 0.133. The second kappa shape index (κ2) is 4.56. The van der Waals surface area contributed by atoms with Gasteiger partial charge in [-0.05, 0) is 26.2 Å². The molecule has 0 amide bonds. The van der Waals surface area contributed by atoms with Crippen LogP contribution in [0.3, 0.4) is 0 Å². The summed E-state index contributed by atoms with van der Waals surface area (Å²) < 4.78 is 23.3. The number of hydrazine groups is 1. The Morgan fingerprint density at radius 1 is 1.35 bits per heavy atom. The number of anilines is 2. The molecule has 1 saturated heterocycles. The van der Waals surface area contributed by atoms with Crippen molar-refractivity contribution < 1.29 is 8.42 Å². The molecule has 1 unspecified atom stereocenters. The van der Waals surface area contributed by atoms with Crippen LogP contribution in [-0.2, 0) is 9.84 Å². The van der Waals surface area contributed by atoms with Gasteiger partial charge in [0.25, 0.3) is 0 Å². The summed E-state index contributed by atoms with van der Waals surface area (Å²) in [7, 11) is -2.95. The molecule has 1 saturated carbocycles. The number of nitrogens with zero attached hydrogens (tertiary/aromatic N) is 2. The van der Waals surface area contributed by atoms with Crippen molar-refractivity contribution in [2.75, 3.05) is 22.2 Å². The first-order valence-electron chi connectivity index (χ1n) is 6.73. The fraction of sp³-hybridized carbons (Fsp3) is 0.667. The summed E-state index contributed by atoms with van der Waals surface area (Å²) in [5, 5.41) is 3.24. The first-order valence-corrected chi connectivity index (χ1v) is 8.55. The first-order chi connectivity index (χ1) is 9.39. The van der Waals surface area contributed by atoms with Crippen LogP contribution < -0.4 is 16.6 Å². The highest BCUT2D eigenvalue weighted by Gasteiger charge is 2.39. The van der Waals surface area contributed by atoms with Gasteiger partial charge in [0.15, 0.2) is 9.84 Å². The summed E-state index contributed by atoms with van der Waals surface area (Å²) in [4.78, 5) is 8.82. The minimum Gasteiger partial charge on any atom is -0.364 e. The number of nitrogens with one attached hydrogen (secondary N) is 2. The van der Waals surface area contributed by atoms with E-state index < -0.39 is 15.4 Å². The highest BCUT2D eigenvalue weighted by atomic mass is 32.2. The fourth-order valence-electron chi connectivity index (χ4n) is 2.55. The fourth-order valence-corrected chi connectivity index (χ4v) is 4.64. The number of hydrogen-bond acceptors (Lipinski definition) is 7. The molecule has 1 aromatic heterocycles. The molecule has 4 N–H and O–H groups in total. The second-order valence-electron chi connectivity index (χ2n) is 5.94. The lowest BCUT2D eigenvalue weighted by Gasteiger charge is -2.25. The van der Waals surface area contributed by atoms with Gasteiger partial charge in [0.2, 0.25) is 0 Å². The zero-order valence-corrected chi connectivity index (χ0v) is 12.2. The van der Waals surface area contributed by atoms with Crippen molar-refractivity contribution in [2.24, 2.45) is 5.84 Å². The molecule has 2 fully saturated rings. The van der Waals surface area contributed by atoms with E-state index in [-0.39, 0.29) is 11.5 Å². The molecule has 1 atom stereocenters. The van der Waals surface area contributed by atoms with E-state index in [1.807, 2.05) is 6.92 Å². The number of hydrogen-bond donors (Lipinski definition) is 3. The maximum Gasteiger partial charge on any atom is 0.152 e. The lowest BCUT2D eigenvalue weighted by molar-refractivity contribution is 0.571. The number of rotatable bonds is 4. The van der Waals surface area contributed by atoms with Gasteiger partial charge < -0.3 is 10.7 Å². The van der Waals surface area contributed by atoms with Crippen molar-refractivity contribution in [3.05, 3.63) is 11.9 Å². The molecule has 0 aromatic carbocycles. The van der Waals surface area contributed by atoms with Gasteiger partial charge in [-0.15, -0.1) is 0 Å². The molecule has 1 aliphatic carbocycles. The molecule has 2 aliphatic rings. The standard InChI is InChI=1S/C12H19N5O2S/c1-12(4-5-20(18,19)7-12)16-9-6-10(17-13)15-11(14-9)8-2-3-8/h6,8H,2-5,7,13H2,1H3,(H2,14,15,16,17). The average molecular weight is 297 g/mol. The zero-order chi connectivity index (χ0) is 14.4. The van der Waals surface area contributed by atoms with E-state index in [1.165, 1.54) is 0 Å². The van der Waals surface area contributed by atoms with Crippen molar-refractivity contribution in [2.45, 2.75) is 37.6 Å². The smallest absolute Gasteiger partial charge is 0.152 e. The topological polar surface area (TPSA) is 110 Å². The van der Waals surface area contributed by atoms with E-state index >= 15 is 0 Å². The lowest BCUT2D eigenvalue weighted by atomic mass is 10.0. The predicted molar refractivity (Wildman–Crippen MR) is 77.1 cm³/mol. The average Bonchev–Trinajstić information content (AvgIpc) is 3.16. The summed E-state index contributed by atoms with van der Waals surface area (Å²) in [6, 6.07) is 1.71. The molecular weight excluding hydrogens is 278 g/mol. The monoisotopic (exact) mass is 297 g/mol. The maximum absolute atomic E-state index is 11.6. The number of nitrogens with two attached hydrogens (primary N) is 1. The molecule has 0 bridgehead atoms. The second-order valence-corrected chi connectivity index (χ2v) is 8.13. The summed E-state index contributed by atoms with van der Waals surface area (Å²) in [5.74, 6) is 8.14. The zero-order valence-electron chi connectivity index (χ0n) is 11.4. The lowest BCUT2D eigenvalue weighted by Crippen LogP contribution is -2.36. The Morgan fingerprint density at radius 2 is 2.05 bits per heavy atom. The van der Waals surface area contributed by atoms with Gasteiger partial charge in [0.05, 0.1) is 17.0 Å². The molecule has 0 spiro atoms. The van der Waals surface area contributed by atoms with E-state index in [4.69, 9.17) is 5.84 Å². The Bertz CT molecular complexity index is 629. The molecule has 3 rings (SSSR count). The number of nitrogen functional groups attached to an aromatic ring is 1. The van der Waals surface area contributed by atoms with Crippen molar-refractivity contribution >= 4 is 21.5 Å². The van der Waals surface area contributed by atoms with Gasteiger partial charge >= 0.3 is 0 Å². The highest BCUT2D eigenvalue weighted by Crippen LogP contribution is 2.39. The first kappa shape index (κ1) is 13.6. The molecule has 110 valence electrons. The molecule has 1 aromatic rings. The van der Waals surface area contributed by atoms with Gasteiger partial charge in [0.1, 0.15) is 17.5 Å². The Morgan fingerprint density at radius 3 is 2.60 bits per heavy atom. The molecule has 7 nitrogen and oxygen atoms in total. The van der Waals surface area contributed by atoms with E-state index in [1.54, 1.807) is 6.07 Å². The van der Waals surface area contributed by atoms with Gasteiger partial charge in [-0.3, -0.25) is 0 Å². The van der Waals surface area contributed by atoms with Crippen LogP contribution in [0.4, 0.5) is 11.6 Å². The van der Waals surface area contributed by atoms with Crippen molar-refractivity contribution in [1.29, 1.82) is 0 Å². The predicted octanol–water partition coefficient (Wildman–Crippen LogP) is 0.629. The summed E-state index contributed by atoms with van der Waals surface area (Å²) >= 11 is 0. The third-order valence-electron chi connectivity index (χ3n) is 3.77. The Labute approximate surface area is 118 Å². The van der Waals surface area contributed by atoms with Crippen molar-refractivity contribution in [3.8, 4) is 0 Å². The van der Waals surface area contributed by atoms with Gasteiger partial charge in [0, 0.05) is 12.0 Å². The van der Waals surface area contributed by atoms with Crippen LogP contribution in [0, 0.1) is 0 Å². The highest BCUT2D eigenvalue weighted by molar-refractivity contribution is 7.91. The van der Waals surface area contributed by atoms with Crippen LogP contribution in [0.2, 0.25) is 0 Å². The quantitative estimate of drug-likeness (QED) is 0.552. The summed E-state index contributed by atoms with van der Waals surface area (Å²) in [5.41, 5.74) is 2.06. The maximum atomic E-state index is 11.6. The summed E-state index contributed by atoms with van der Waals surface area (Å²) in [6.07, 6.45) is 2.78. The van der Waals surface area contributed by atoms with Crippen LogP contribution in [-0.4, -0.2) is 35.4 Å². The van der Waals surface area contributed by atoms with E-state index in [0.29, 0.717) is 24.0 Å². The van der Waals surface area contributed by atoms with Crippen molar-refractivity contribution in [3.63, 3.8) is 0 Å². The van der Waals surface area contributed by atoms with E-state index in [2.05, 4.69) is 20.7 Å². The van der Waals surface area contributed by atoms with E-state index in [0.717, 1.165) is 18.7 Å². The van der Waals surface area contributed by atoms with Gasteiger partial charge in [-0.25, -0.2) is 24.2 Å². The molecule has 1 aliphatic heterocycles. The van der Waals surface area contributed by atoms with Crippen LogP contribution in [0.15, 0.2) is 6.07 Å². The molecular formula is C12H19N5O2S. The SMILES string of the molecule is CC1(Nc2cc(NN)nc(C3CC3)n2)CCS(=O)(=O)C1. The largest absolute Gasteiger partial charge is 0.364 e. The number of aromatic nitrogens is 2. The third kappa shape index (κ3) is 2.85. The van der Waals surface area contributed by atoms with Crippen LogP contribution in [0.1, 0.15) is 37.9 Å². The van der Waals surface area contributed by atoms with Gasteiger partial charge in [-0.2, -0.15) is 0 Å². The molecule has 20 heavy (non-hydrogen) atoms. The molecule has 0 radical (unpaired) electrons. The van der Waals surface area contributed by atoms with Crippen LogP contribution in [0.5, 0.6) is 0 Å². The van der Waals surface area contributed by atoms with Crippen LogP contribution >= 0.6 is 0 Å². The Kier molecular flexibility index (Phi) is 3.09. The van der Waals surface area contributed by atoms with Crippen LogP contribution in [0.25, 0.3) is 0 Å². The Hall–Kier alpha value is -1.41. The molecule has 8 heteroatoms. The van der Waals surface area contributed by atoms with Gasteiger partial charge in [-0.1, -0.05) is 0 Å². The van der Waals surface area contributed by atoms with E-state index in [9.17, 15) is 8.42 Å². The Balaban J connectivity index is 1.85. The minimum atomic E-state index is -2.95. The van der Waals surface area contributed by atoms with Crippen molar-refractivity contribution in [1.82, 2.24) is 9.97 Å². The number of sulfone groups is 1. The normalized spacial score (nSPS) is 28.3. The molecule has 2 heterocycles.